The van der Waals surface area contributed by atoms with Gasteiger partial charge in [0, 0.05) is 43.3 Å². The molecule has 4 amide bonds. The lowest BCUT2D eigenvalue weighted by molar-refractivity contribution is -0.271. The normalized spacial score (nSPS) is 21.5. The lowest BCUT2D eigenvalue weighted by Gasteiger charge is -2.38. The number of carbonyl (C=O) groups excluding carboxylic acids is 5. The van der Waals surface area contributed by atoms with Crippen molar-refractivity contribution < 1.29 is 85.8 Å². The number of esters is 1. The van der Waals surface area contributed by atoms with Gasteiger partial charge in [0.2, 0.25) is 18.1 Å². The predicted molar refractivity (Wildman–Crippen MR) is 193 cm³/mol. The van der Waals surface area contributed by atoms with E-state index in [2.05, 4.69) is 10.6 Å². The average Bonchev–Trinajstić information content (AvgIpc) is 3.44. The summed E-state index contributed by atoms with van der Waals surface area (Å²) in [6.07, 6.45) is -5.84. The van der Waals surface area contributed by atoms with Gasteiger partial charge in [0.25, 0.3) is 21.9 Å². The Morgan fingerprint density at radius 2 is 1.63 bits per heavy atom. The minimum atomic E-state index is -4.68. The average molecular weight is 832 g/mol. The zero-order valence-corrected chi connectivity index (χ0v) is 32.3. The highest BCUT2D eigenvalue weighted by Gasteiger charge is 2.48. The molecule has 1 fully saturated rings. The summed E-state index contributed by atoms with van der Waals surface area (Å²) < 4.78 is 59.8. The summed E-state index contributed by atoms with van der Waals surface area (Å²) in [5.41, 5.74) is -0.443. The standard InChI is InChI=1S/C35H49N3O18S/c1-35(2,3)34(48)54-18-20-8-9-21(55-33-29(44)27(42)28(43)30(56-33)32(46)47)17-23(20)53-16-15-52-14-12-36-31(45)22(19-57(49,50)51)37-24(39)7-5-4-6-13-38-25(40)10-11-26(38)41/h8-11,17,22,27-30,33,42-44H,4-7,12-16,18-19H2,1-3H3,(H,36,45)(H,37,39)(H,46,47)(H,49,50,51)/t22-,27-,28-,29+,30?,33+/m0/s1. The SMILES string of the molecule is CC(C)(C)C(=O)OCc1ccc(O[C@@H]2OC(C(=O)O)[C@@H](O)[C@H](O)[C@H]2O)cc1OCCOCCNC(=O)[C@H](CS(=O)(=O)O)NC(=O)CCCCCN1C(=O)C=CC1=O. The van der Waals surface area contributed by atoms with Crippen molar-refractivity contribution in [3.05, 3.63) is 35.9 Å². The van der Waals surface area contributed by atoms with Gasteiger partial charge in [-0.15, -0.1) is 0 Å². The molecule has 0 radical (unpaired) electrons. The summed E-state index contributed by atoms with van der Waals surface area (Å²) in [7, 11) is -4.68. The van der Waals surface area contributed by atoms with Crippen LogP contribution in [0.15, 0.2) is 30.4 Å². The maximum atomic E-state index is 12.7. The molecule has 3 rings (SSSR count). The number of benzene rings is 1. The van der Waals surface area contributed by atoms with E-state index < -0.39 is 93.6 Å². The van der Waals surface area contributed by atoms with Gasteiger partial charge in [-0.3, -0.25) is 33.4 Å². The fourth-order valence-electron chi connectivity index (χ4n) is 5.23. The Morgan fingerprint density at radius 1 is 0.947 bits per heavy atom. The van der Waals surface area contributed by atoms with Crippen molar-refractivity contribution in [3.8, 4) is 11.5 Å². The number of hydrogen-bond acceptors (Lipinski definition) is 16. The molecule has 0 saturated carbocycles. The minimum absolute atomic E-state index is 0.0199. The van der Waals surface area contributed by atoms with Crippen LogP contribution < -0.4 is 20.1 Å². The van der Waals surface area contributed by atoms with Crippen molar-refractivity contribution >= 4 is 45.7 Å². The van der Waals surface area contributed by atoms with Crippen LogP contribution in [0.25, 0.3) is 0 Å². The van der Waals surface area contributed by atoms with Gasteiger partial charge in [-0.25, -0.2) is 4.79 Å². The maximum Gasteiger partial charge on any atom is 0.335 e. The van der Waals surface area contributed by atoms with Gasteiger partial charge in [-0.1, -0.05) is 6.42 Å². The third-order valence-corrected chi connectivity index (χ3v) is 9.08. The number of carbonyl (C=O) groups is 6. The number of carboxylic acid groups (broad SMARTS) is 1. The van der Waals surface area contributed by atoms with Crippen molar-refractivity contribution in [1.82, 2.24) is 15.5 Å². The molecule has 0 aliphatic carbocycles. The monoisotopic (exact) mass is 831 g/mol. The lowest BCUT2D eigenvalue weighted by Crippen LogP contribution is -2.61. The van der Waals surface area contributed by atoms with Gasteiger partial charge in [0.05, 0.1) is 18.6 Å². The summed E-state index contributed by atoms with van der Waals surface area (Å²) >= 11 is 0. The van der Waals surface area contributed by atoms with E-state index in [1.54, 1.807) is 20.8 Å². The molecule has 21 nitrogen and oxygen atoms in total. The highest BCUT2D eigenvalue weighted by molar-refractivity contribution is 7.85. The van der Waals surface area contributed by atoms with E-state index >= 15 is 0 Å². The zero-order valence-electron chi connectivity index (χ0n) is 31.5. The number of hydrogen-bond donors (Lipinski definition) is 7. The van der Waals surface area contributed by atoms with E-state index in [1.165, 1.54) is 18.2 Å². The maximum absolute atomic E-state index is 12.7. The van der Waals surface area contributed by atoms with Crippen LogP contribution in [0, 0.1) is 5.41 Å². The fourth-order valence-corrected chi connectivity index (χ4v) is 5.89. The summed E-state index contributed by atoms with van der Waals surface area (Å²) in [5.74, 6) is -5.51. The Hall–Kier alpha value is -4.71. The van der Waals surface area contributed by atoms with Crippen molar-refractivity contribution in [3.63, 3.8) is 0 Å². The van der Waals surface area contributed by atoms with Gasteiger partial charge < -0.3 is 54.7 Å². The summed E-state index contributed by atoms with van der Waals surface area (Å²) in [6, 6.07) is 2.55. The van der Waals surface area contributed by atoms with Crippen molar-refractivity contribution in [2.24, 2.45) is 5.41 Å². The van der Waals surface area contributed by atoms with E-state index in [9.17, 15) is 62.2 Å². The number of nitrogens with zero attached hydrogens (tertiary/aromatic N) is 1. The van der Waals surface area contributed by atoms with Crippen molar-refractivity contribution in [2.45, 2.75) is 89.8 Å². The molecule has 2 aliphatic rings. The van der Waals surface area contributed by atoms with Crippen LogP contribution in [0.5, 0.6) is 11.5 Å². The highest BCUT2D eigenvalue weighted by Crippen LogP contribution is 2.30. The number of aliphatic carboxylic acids is 1. The number of aliphatic hydroxyl groups excluding tert-OH is 3. The third-order valence-electron chi connectivity index (χ3n) is 8.32. The van der Waals surface area contributed by atoms with Crippen LogP contribution in [0.4, 0.5) is 0 Å². The van der Waals surface area contributed by atoms with Crippen LogP contribution in [-0.2, 0) is 59.7 Å². The minimum Gasteiger partial charge on any atom is -0.491 e. The Labute approximate surface area is 328 Å². The van der Waals surface area contributed by atoms with E-state index in [4.69, 9.17) is 23.7 Å². The van der Waals surface area contributed by atoms with E-state index in [0.717, 1.165) is 17.1 Å². The van der Waals surface area contributed by atoms with Gasteiger partial charge in [-0.05, 0) is 45.7 Å². The first kappa shape index (κ1) is 46.7. The molecule has 57 heavy (non-hydrogen) atoms. The van der Waals surface area contributed by atoms with E-state index in [1.807, 2.05) is 0 Å². The number of imide groups is 1. The Balaban J connectivity index is 1.50. The number of aliphatic hydroxyl groups is 3. The number of unbranched alkanes of at least 4 members (excludes halogenated alkanes) is 2. The second-order valence-corrected chi connectivity index (χ2v) is 15.5. The number of carboxylic acids is 1. The lowest BCUT2D eigenvalue weighted by atomic mass is 9.97. The Bertz CT molecular complexity index is 1730. The molecule has 1 aromatic carbocycles. The summed E-state index contributed by atoms with van der Waals surface area (Å²) in [4.78, 5) is 73.3. The van der Waals surface area contributed by atoms with Gasteiger partial charge in [0.1, 0.15) is 54.8 Å². The second-order valence-electron chi connectivity index (χ2n) is 14.0. The first-order chi connectivity index (χ1) is 26.7. The van der Waals surface area contributed by atoms with Crippen molar-refractivity contribution in [2.75, 3.05) is 38.7 Å². The molecule has 7 N–H and O–H groups in total. The second kappa shape index (κ2) is 21.2. The van der Waals surface area contributed by atoms with E-state index in [-0.39, 0.29) is 57.4 Å². The van der Waals surface area contributed by atoms with Gasteiger partial charge in [0.15, 0.2) is 6.10 Å². The van der Waals surface area contributed by atoms with Crippen LogP contribution in [0.2, 0.25) is 0 Å². The van der Waals surface area contributed by atoms with Gasteiger partial charge >= 0.3 is 11.9 Å². The molecule has 22 heteroatoms. The first-order valence-electron chi connectivity index (χ1n) is 17.8. The Kier molecular flexibility index (Phi) is 17.3. The summed E-state index contributed by atoms with van der Waals surface area (Å²) in [6.45, 7) is 4.50. The molecule has 2 heterocycles. The number of rotatable bonds is 22. The molecule has 1 aromatic rings. The number of ether oxygens (including phenoxy) is 5. The van der Waals surface area contributed by atoms with Crippen molar-refractivity contribution in [1.29, 1.82) is 0 Å². The molecular weight excluding hydrogens is 782 g/mol. The quantitative estimate of drug-likeness (QED) is 0.0300. The summed E-state index contributed by atoms with van der Waals surface area (Å²) in [5, 5.41) is 44.4. The van der Waals surface area contributed by atoms with Crippen LogP contribution in [0.1, 0.15) is 52.0 Å². The third kappa shape index (κ3) is 15.0. The van der Waals surface area contributed by atoms with Crippen LogP contribution in [0.3, 0.4) is 0 Å². The number of nitrogens with one attached hydrogen (secondary N) is 2. The molecule has 1 unspecified atom stereocenters. The molecule has 2 aliphatic heterocycles. The molecule has 0 aromatic heterocycles. The topological polar surface area (TPSA) is 311 Å². The van der Waals surface area contributed by atoms with E-state index in [0.29, 0.717) is 24.8 Å². The smallest absolute Gasteiger partial charge is 0.335 e. The Morgan fingerprint density at radius 3 is 2.26 bits per heavy atom. The molecule has 6 atom stereocenters. The molecule has 318 valence electrons. The molecule has 0 spiro atoms. The first-order valence-corrected chi connectivity index (χ1v) is 19.4. The van der Waals surface area contributed by atoms with Gasteiger partial charge in [-0.2, -0.15) is 8.42 Å². The molecular formula is C35H49N3O18S. The predicted octanol–water partition coefficient (Wildman–Crippen LogP) is -1.58. The fraction of sp³-hybridized carbons (Fsp3) is 0.600. The largest absolute Gasteiger partial charge is 0.491 e. The number of amides is 4. The molecule has 0 bridgehead atoms. The zero-order chi connectivity index (χ0) is 42.5. The van der Waals surface area contributed by atoms with Crippen LogP contribution in [-0.4, -0.2) is 149 Å². The molecule has 1 saturated heterocycles. The van der Waals surface area contributed by atoms with Crippen LogP contribution >= 0.6 is 0 Å². The highest BCUT2D eigenvalue weighted by atomic mass is 32.2.